The molecule has 0 aromatic carbocycles. The van der Waals surface area contributed by atoms with Crippen molar-refractivity contribution in [2.24, 2.45) is 0 Å². The molecule has 0 aliphatic rings. The molecule has 0 aliphatic heterocycles. The summed E-state index contributed by atoms with van der Waals surface area (Å²) in [6, 6.07) is 7.81. The van der Waals surface area contributed by atoms with Gasteiger partial charge in [0.05, 0.1) is 0 Å². The Kier molecular flexibility index (Phi) is 0.355. The smallest absolute Gasteiger partial charge is 0.127 e. The van der Waals surface area contributed by atoms with E-state index < -0.39 is 0 Å². The van der Waals surface area contributed by atoms with Crippen LogP contribution >= 0.6 is 0 Å². The number of fused-ring (bicyclic) bond motifs is 2. The molecule has 34 valence electrons. The van der Waals surface area contributed by atoms with E-state index in [4.69, 9.17) is 4.42 Å². The maximum atomic E-state index is 5.08. The van der Waals surface area contributed by atoms with Crippen LogP contribution in [0.5, 0.6) is 0 Å². The Morgan fingerprint density at radius 1 is 0.857 bits per heavy atom. The molecular formula is C6H4O. The van der Waals surface area contributed by atoms with E-state index in [1.807, 2.05) is 24.3 Å². The Morgan fingerprint density at radius 2 is 1.29 bits per heavy atom. The molecule has 2 aromatic heterocycles. The number of hydrogen-bond donors (Lipinski definition) is 0. The first-order chi connectivity index (χ1) is 3.45. The largest absolute Gasteiger partial charge is 0.457 e. The minimum Gasteiger partial charge on any atom is -0.457 e. The molecule has 7 heavy (non-hydrogen) atoms. The van der Waals surface area contributed by atoms with Gasteiger partial charge in [-0.3, -0.25) is 0 Å². The third-order valence-electron chi connectivity index (χ3n) is 1.06. The van der Waals surface area contributed by atoms with Crippen LogP contribution in [0.4, 0.5) is 0 Å². The van der Waals surface area contributed by atoms with Crippen LogP contribution in [0.2, 0.25) is 0 Å². The fourth-order valence-corrected chi connectivity index (χ4v) is 0.712. The summed E-state index contributed by atoms with van der Waals surface area (Å²) in [7, 11) is 0. The normalized spacial score (nSPS) is 10.9. The van der Waals surface area contributed by atoms with Crippen molar-refractivity contribution < 1.29 is 4.42 Å². The van der Waals surface area contributed by atoms with Crippen LogP contribution in [0, 0.1) is 0 Å². The second-order valence-corrected chi connectivity index (χ2v) is 1.57. The van der Waals surface area contributed by atoms with Gasteiger partial charge in [-0.1, -0.05) is 0 Å². The fourth-order valence-electron chi connectivity index (χ4n) is 0.712. The summed E-state index contributed by atoms with van der Waals surface area (Å²) in [5.41, 5.74) is 1.94. The van der Waals surface area contributed by atoms with Crippen molar-refractivity contribution in [1.82, 2.24) is 0 Å². The molecule has 0 unspecified atom stereocenters. The summed E-state index contributed by atoms with van der Waals surface area (Å²) >= 11 is 0. The van der Waals surface area contributed by atoms with Crippen LogP contribution in [-0.2, 0) is 0 Å². The molecule has 0 radical (unpaired) electrons. The maximum absolute atomic E-state index is 5.08. The second kappa shape index (κ2) is 0.808. The average molecular weight is 92.1 g/mol. The Hall–Kier alpha value is -0.980. The van der Waals surface area contributed by atoms with Gasteiger partial charge in [-0.15, -0.1) is 0 Å². The lowest BCUT2D eigenvalue weighted by atomic mass is 10.4. The fraction of sp³-hybridized carbons (Fsp3) is 0. The number of hydrogen-bond acceptors (Lipinski definition) is 1. The number of furan rings is 2. The average Bonchev–Trinajstić information content (AvgIpc) is 2.22. The van der Waals surface area contributed by atoms with Gasteiger partial charge in [-0.25, -0.2) is 0 Å². The monoisotopic (exact) mass is 92.0 g/mol. The maximum Gasteiger partial charge on any atom is 0.127 e. The quantitative estimate of drug-likeness (QED) is 0.483. The Labute approximate surface area is 40.9 Å². The van der Waals surface area contributed by atoms with Gasteiger partial charge in [0.25, 0.3) is 0 Å². The molecule has 0 spiro atoms. The zero-order valence-corrected chi connectivity index (χ0v) is 3.72. The minimum atomic E-state index is 0.968. The second-order valence-electron chi connectivity index (χ2n) is 1.57. The van der Waals surface area contributed by atoms with Crippen molar-refractivity contribution in [3.8, 4) is 0 Å². The predicted molar refractivity (Wildman–Crippen MR) is 27.4 cm³/mol. The van der Waals surface area contributed by atoms with Gasteiger partial charge in [-0.05, 0) is 24.3 Å². The molecule has 0 aliphatic carbocycles. The lowest BCUT2D eigenvalue weighted by molar-refractivity contribution is 0.675. The number of rotatable bonds is 0. The summed E-state index contributed by atoms with van der Waals surface area (Å²) in [6.07, 6.45) is 0. The van der Waals surface area contributed by atoms with Crippen LogP contribution in [0.1, 0.15) is 0 Å². The zero-order valence-electron chi connectivity index (χ0n) is 3.72. The Balaban J connectivity index is 3.18. The van der Waals surface area contributed by atoms with E-state index in [1.165, 1.54) is 0 Å². The van der Waals surface area contributed by atoms with E-state index >= 15 is 0 Å². The molecule has 2 rings (SSSR count). The molecule has 0 fully saturated rings. The molecule has 2 bridgehead atoms. The summed E-state index contributed by atoms with van der Waals surface area (Å²) in [5, 5.41) is 0. The number of benzene rings is 1. The highest BCUT2D eigenvalue weighted by atomic mass is 16.3. The van der Waals surface area contributed by atoms with Crippen LogP contribution in [0.3, 0.4) is 0 Å². The van der Waals surface area contributed by atoms with Gasteiger partial charge in [0.15, 0.2) is 0 Å². The van der Waals surface area contributed by atoms with E-state index in [2.05, 4.69) is 0 Å². The van der Waals surface area contributed by atoms with Crippen LogP contribution < -0.4 is 0 Å². The minimum absolute atomic E-state index is 0.968. The van der Waals surface area contributed by atoms with E-state index in [1.54, 1.807) is 0 Å². The van der Waals surface area contributed by atoms with Gasteiger partial charge in [0, 0.05) is 0 Å². The van der Waals surface area contributed by atoms with E-state index in [0.717, 1.165) is 11.2 Å². The highest BCUT2D eigenvalue weighted by molar-refractivity contribution is 5.59. The summed E-state index contributed by atoms with van der Waals surface area (Å²) in [6.45, 7) is 0. The van der Waals surface area contributed by atoms with Crippen molar-refractivity contribution in [3.05, 3.63) is 24.3 Å². The third kappa shape index (κ3) is 0.270. The van der Waals surface area contributed by atoms with Crippen molar-refractivity contribution in [3.63, 3.8) is 0 Å². The van der Waals surface area contributed by atoms with Crippen molar-refractivity contribution in [1.29, 1.82) is 0 Å². The zero-order chi connectivity index (χ0) is 4.69. The van der Waals surface area contributed by atoms with E-state index in [-0.39, 0.29) is 0 Å². The lowest BCUT2D eigenvalue weighted by Crippen LogP contribution is -1.43. The predicted octanol–water partition coefficient (Wildman–Crippen LogP) is 1.87. The topological polar surface area (TPSA) is 13.1 Å². The Bertz CT molecular complexity index is 201. The van der Waals surface area contributed by atoms with Crippen LogP contribution in [0.15, 0.2) is 28.7 Å². The van der Waals surface area contributed by atoms with Gasteiger partial charge in [0.2, 0.25) is 0 Å². The van der Waals surface area contributed by atoms with Crippen LogP contribution in [-0.4, -0.2) is 0 Å². The third-order valence-corrected chi connectivity index (χ3v) is 1.06. The first-order valence-electron chi connectivity index (χ1n) is 2.23. The molecule has 0 saturated carbocycles. The highest BCUT2D eigenvalue weighted by Crippen LogP contribution is 2.13. The molecule has 2 heterocycles. The van der Waals surface area contributed by atoms with Crippen molar-refractivity contribution >= 4 is 11.2 Å². The van der Waals surface area contributed by atoms with Gasteiger partial charge >= 0.3 is 0 Å². The van der Waals surface area contributed by atoms with Crippen molar-refractivity contribution in [2.75, 3.05) is 0 Å². The van der Waals surface area contributed by atoms with E-state index in [0.29, 0.717) is 0 Å². The lowest BCUT2D eigenvalue weighted by Gasteiger charge is -1.60. The highest BCUT2D eigenvalue weighted by Gasteiger charge is 1.91. The Morgan fingerprint density at radius 3 is 1.43 bits per heavy atom. The van der Waals surface area contributed by atoms with E-state index in [9.17, 15) is 0 Å². The molecule has 0 N–H and O–H groups in total. The first-order valence-corrected chi connectivity index (χ1v) is 2.23. The molecule has 1 nitrogen and oxygen atoms in total. The van der Waals surface area contributed by atoms with Gasteiger partial charge in [-0.2, -0.15) is 0 Å². The first kappa shape index (κ1) is 3.08. The van der Waals surface area contributed by atoms with Crippen LogP contribution in [0.25, 0.3) is 11.2 Å². The summed E-state index contributed by atoms with van der Waals surface area (Å²) < 4.78 is 5.08. The van der Waals surface area contributed by atoms with Gasteiger partial charge < -0.3 is 4.42 Å². The molecular weight excluding hydrogens is 88.1 g/mol. The molecule has 2 aromatic rings. The molecule has 1 heteroatoms. The SMILES string of the molecule is c1cc2ccc1o2. The summed E-state index contributed by atoms with van der Waals surface area (Å²) in [4.78, 5) is 0. The van der Waals surface area contributed by atoms with Gasteiger partial charge in [0.1, 0.15) is 11.2 Å². The van der Waals surface area contributed by atoms with Crippen molar-refractivity contribution in [2.45, 2.75) is 0 Å². The molecule has 0 atom stereocenters. The molecule has 0 saturated heterocycles. The standard InChI is InChI=1S/C6H4O/c1-2-6-4-3-5(1)7-6/h1-4H. The molecule has 0 amide bonds. The summed E-state index contributed by atoms with van der Waals surface area (Å²) in [5.74, 6) is 0.